The fourth-order valence-electron chi connectivity index (χ4n) is 1.87. The lowest BCUT2D eigenvalue weighted by Crippen LogP contribution is -2.01. The summed E-state index contributed by atoms with van der Waals surface area (Å²) in [5, 5.41) is 12.9. The van der Waals surface area contributed by atoms with Crippen molar-refractivity contribution in [1.29, 1.82) is 5.26 Å². The number of carbonyl (C=O) groups is 1. The number of ketones is 1. The normalized spacial score (nSPS) is 13.1. The first kappa shape index (κ1) is 12.5. The van der Waals surface area contributed by atoms with Gasteiger partial charge in [0.2, 0.25) is 12.6 Å². The summed E-state index contributed by atoms with van der Waals surface area (Å²) in [4.78, 5) is 12.3. The van der Waals surface area contributed by atoms with Crippen LogP contribution in [0.15, 0.2) is 40.6 Å². The summed E-state index contributed by atoms with van der Waals surface area (Å²) in [7, 11) is 0. The molecule has 0 unspecified atom stereocenters. The number of ether oxygens (including phenoxy) is 2. The van der Waals surface area contributed by atoms with Gasteiger partial charge in [0.25, 0.3) is 0 Å². The number of rotatable bonds is 3. The summed E-state index contributed by atoms with van der Waals surface area (Å²) in [6, 6.07) is 8.72. The van der Waals surface area contributed by atoms with Gasteiger partial charge < -0.3 is 9.47 Å². The zero-order valence-corrected chi connectivity index (χ0v) is 11.1. The Kier molecular flexibility index (Phi) is 3.23. The van der Waals surface area contributed by atoms with E-state index in [2.05, 4.69) is 0 Å². The van der Waals surface area contributed by atoms with Gasteiger partial charge in [0.1, 0.15) is 11.6 Å². The Labute approximate surface area is 119 Å². The zero-order valence-electron chi connectivity index (χ0n) is 10.3. The van der Waals surface area contributed by atoms with E-state index in [1.165, 1.54) is 11.3 Å². The Hall–Kier alpha value is -2.58. The van der Waals surface area contributed by atoms with E-state index < -0.39 is 0 Å². The topological polar surface area (TPSA) is 59.3 Å². The molecule has 2 heterocycles. The Morgan fingerprint density at radius 1 is 1.30 bits per heavy atom. The average Bonchev–Trinajstić information content (AvgIpc) is 3.14. The third-order valence-electron chi connectivity index (χ3n) is 2.85. The van der Waals surface area contributed by atoms with E-state index in [0.717, 1.165) is 5.56 Å². The quantitative estimate of drug-likeness (QED) is 0.493. The molecule has 1 aliphatic rings. The van der Waals surface area contributed by atoms with Crippen molar-refractivity contribution in [3.8, 4) is 17.6 Å². The molecule has 4 nitrogen and oxygen atoms in total. The highest BCUT2D eigenvalue weighted by molar-refractivity contribution is 7.08. The Bertz CT molecular complexity index is 726. The molecule has 20 heavy (non-hydrogen) atoms. The van der Waals surface area contributed by atoms with Gasteiger partial charge in [-0.15, -0.1) is 0 Å². The smallest absolute Gasteiger partial charge is 0.231 e. The molecule has 1 aromatic heterocycles. The van der Waals surface area contributed by atoms with Crippen molar-refractivity contribution < 1.29 is 14.3 Å². The summed E-state index contributed by atoms with van der Waals surface area (Å²) in [6.07, 6.45) is 1.59. The highest BCUT2D eigenvalue weighted by Gasteiger charge is 2.18. The summed E-state index contributed by atoms with van der Waals surface area (Å²) in [5.41, 5.74) is 1.36. The maximum atomic E-state index is 12.3. The van der Waals surface area contributed by atoms with Crippen LogP contribution in [0.5, 0.6) is 11.5 Å². The highest BCUT2D eigenvalue weighted by Crippen LogP contribution is 2.33. The van der Waals surface area contributed by atoms with Crippen LogP contribution in [0.4, 0.5) is 0 Å². The molecule has 0 saturated carbocycles. The predicted octanol–water partition coefficient (Wildman–Crippen LogP) is 3.27. The number of Topliss-reactive ketones (excluding diaryl/α,β-unsaturated/α-hetero) is 1. The molecule has 1 aromatic carbocycles. The molecular formula is C15H9NO3S. The molecule has 98 valence electrons. The van der Waals surface area contributed by atoms with Crippen molar-refractivity contribution in [2.45, 2.75) is 0 Å². The van der Waals surface area contributed by atoms with Crippen LogP contribution >= 0.6 is 11.3 Å². The molecule has 0 amide bonds. The number of hydrogen-bond acceptors (Lipinski definition) is 5. The first-order valence-corrected chi connectivity index (χ1v) is 6.80. The first-order chi connectivity index (χ1) is 9.78. The fraction of sp³-hybridized carbons (Fsp3) is 0.0667. The van der Waals surface area contributed by atoms with Crippen LogP contribution in [-0.2, 0) is 0 Å². The molecule has 0 radical (unpaired) electrons. The molecular weight excluding hydrogens is 274 g/mol. The number of allylic oxidation sites excluding steroid dienone is 1. The van der Waals surface area contributed by atoms with E-state index in [0.29, 0.717) is 17.1 Å². The molecule has 0 bridgehead atoms. The van der Waals surface area contributed by atoms with Crippen LogP contribution in [0.2, 0.25) is 0 Å². The van der Waals surface area contributed by atoms with Gasteiger partial charge in [-0.1, -0.05) is 0 Å². The number of benzene rings is 1. The monoisotopic (exact) mass is 283 g/mol. The number of nitrogens with zero attached hydrogens (tertiary/aromatic N) is 1. The molecule has 0 saturated heterocycles. The van der Waals surface area contributed by atoms with E-state index in [-0.39, 0.29) is 18.1 Å². The van der Waals surface area contributed by atoms with Gasteiger partial charge in [0, 0.05) is 5.56 Å². The maximum Gasteiger partial charge on any atom is 0.231 e. The van der Waals surface area contributed by atoms with Crippen molar-refractivity contribution in [3.63, 3.8) is 0 Å². The molecule has 0 aliphatic carbocycles. The minimum Gasteiger partial charge on any atom is -0.454 e. The third-order valence-corrected chi connectivity index (χ3v) is 3.56. The molecule has 3 rings (SSSR count). The van der Waals surface area contributed by atoms with Crippen molar-refractivity contribution in [2.75, 3.05) is 6.79 Å². The third kappa shape index (κ3) is 2.29. The van der Waals surface area contributed by atoms with E-state index in [9.17, 15) is 4.79 Å². The standard InChI is InChI=1S/C15H9NO3S/c16-7-12(5-10-3-4-20-8-10)15(17)11-1-2-13-14(6-11)19-9-18-13/h1-6,8H,9H2/b12-5-. The minimum atomic E-state index is -0.322. The van der Waals surface area contributed by atoms with Gasteiger partial charge in [-0.2, -0.15) is 16.6 Å². The largest absolute Gasteiger partial charge is 0.454 e. The van der Waals surface area contributed by atoms with E-state index in [4.69, 9.17) is 14.7 Å². The van der Waals surface area contributed by atoms with Gasteiger partial charge in [0.15, 0.2) is 11.5 Å². The second-order valence-corrected chi connectivity index (χ2v) is 4.90. The lowest BCUT2D eigenvalue weighted by Gasteiger charge is -2.01. The average molecular weight is 283 g/mol. The van der Waals surface area contributed by atoms with Crippen LogP contribution in [0.25, 0.3) is 6.08 Å². The van der Waals surface area contributed by atoms with Crippen LogP contribution in [0.3, 0.4) is 0 Å². The Balaban J connectivity index is 1.93. The lowest BCUT2D eigenvalue weighted by atomic mass is 10.0. The second-order valence-electron chi connectivity index (χ2n) is 4.12. The van der Waals surface area contributed by atoms with Crippen LogP contribution in [0.1, 0.15) is 15.9 Å². The van der Waals surface area contributed by atoms with Gasteiger partial charge in [-0.3, -0.25) is 4.79 Å². The van der Waals surface area contributed by atoms with Gasteiger partial charge in [0.05, 0.1) is 0 Å². The summed E-state index contributed by atoms with van der Waals surface area (Å²) < 4.78 is 10.4. The van der Waals surface area contributed by atoms with E-state index in [1.54, 1.807) is 24.3 Å². The van der Waals surface area contributed by atoms with E-state index in [1.807, 2.05) is 22.9 Å². The Morgan fingerprint density at radius 2 is 2.15 bits per heavy atom. The van der Waals surface area contributed by atoms with E-state index >= 15 is 0 Å². The van der Waals surface area contributed by atoms with Gasteiger partial charge in [-0.25, -0.2) is 0 Å². The molecule has 5 heteroatoms. The summed E-state index contributed by atoms with van der Waals surface area (Å²) in [6.45, 7) is 0.156. The lowest BCUT2D eigenvalue weighted by molar-refractivity contribution is 0.103. The Morgan fingerprint density at radius 3 is 2.90 bits per heavy atom. The fourth-order valence-corrected chi connectivity index (χ4v) is 2.48. The van der Waals surface area contributed by atoms with Crippen molar-refractivity contribution in [2.24, 2.45) is 0 Å². The van der Waals surface area contributed by atoms with Crippen LogP contribution in [-0.4, -0.2) is 12.6 Å². The molecule has 0 spiro atoms. The molecule has 0 fully saturated rings. The van der Waals surface area contributed by atoms with Gasteiger partial charge in [-0.05, 0) is 46.7 Å². The molecule has 2 aromatic rings. The second kappa shape index (κ2) is 5.19. The molecule has 0 atom stereocenters. The van der Waals surface area contributed by atoms with Crippen molar-refractivity contribution in [3.05, 3.63) is 51.7 Å². The maximum absolute atomic E-state index is 12.3. The minimum absolute atomic E-state index is 0.0993. The summed E-state index contributed by atoms with van der Waals surface area (Å²) in [5.74, 6) is 0.822. The highest BCUT2D eigenvalue weighted by atomic mass is 32.1. The van der Waals surface area contributed by atoms with Gasteiger partial charge >= 0.3 is 0 Å². The first-order valence-electron chi connectivity index (χ1n) is 5.86. The number of hydrogen-bond donors (Lipinski definition) is 0. The van der Waals surface area contributed by atoms with Crippen LogP contribution < -0.4 is 9.47 Å². The molecule has 0 N–H and O–H groups in total. The predicted molar refractivity (Wildman–Crippen MR) is 74.8 cm³/mol. The van der Waals surface area contributed by atoms with Crippen molar-refractivity contribution in [1.82, 2.24) is 0 Å². The number of fused-ring (bicyclic) bond motifs is 1. The zero-order chi connectivity index (χ0) is 13.9. The summed E-state index contributed by atoms with van der Waals surface area (Å²) >= 11 is 1.51. The number of carbonyl (C=O) groups excluding carboxylic acids is 1. The SMILES string of the molecule is N#C/C(=C/c1ccsc1)C(=O)c1ccc2c(c1)OCO2. The molecule has 1 aliphatic heterocycles. The number of thiophene rings is 1. The number of nitriles is 1. The van der Waals surface area contributed by atoms with Crippen LogP contribution in [0, 0.1) is 11.3 Å². The van der Waals surface area contributed by atoms with Crippen molar-refractivity contribution >= 4 is 23.2 Å².